The molecule has 0 unspecified atom stereocenters. The molecule has 1 aromatic carbocycles. The van der Waals surface area contributed by atoms with Crippen LogP contribution in [0.2, 0.25) is 0 Å². The predicted octanol–water partition coefficient (Wildman–Crippen LogP) is 1.09. The van der Waals surface area contributed by atoms with Crippen molar-refractivity contribution >= 4 is 42.9 Å². The zero-order valence-electron chi connectivity index (χ0n) is 13.8. The van der Waals surface area contributed by atoms with Gasteiger partial charge in [-0.1, -0.05) is 22.0 Å². The van der Waals surface area contributed by atoms with Gasteiger partial charge in [0.25, 0.3) is 10.2 Å². The second-order valence-corrected chi connectivity index (χ2v) is 8.43. The van der Waals surface area contributed by atoms with Crippen LogP contribution in [0.1, 0.15) is 5.56 Å². The number of fused-ring (bicyclic) bond motifs is 1. The van der Waals surface area contributed by atoms with Crippen LogP contribution >= 0.6 is 15.9 Å². The lowest BCUT2D eigenvalue weighted by Crippen LogP contribution is -2.36. The van der Waals surface area contributed by atoms with Crippen molar-refractivity contribution < 1.29 is 13.2 Å². The molecule has 0 bridgehead atoms. The third-order valence-electron chi connectivity index (χ3n) is 3.68. The van der Waals surface area contributed by atoms with Crippen LogP contribution in [0, 0.1) is 0 Å². The van der Waals surface area contributed by atoms with E-state index in [0.717, 1.165) is 25.2 Å². The van der Waals surface area contributed by atoms with E-state index in [1.807, 2.05) is 29.0 Å². The summed E-state index contributed by atoms with van der Waals surface area (Å²) >= 11 is 3.44. The van der Waals surface area contributed by atoms with E-state index in [4.69, 9.17) is 0 Å². The monoisotopic (exact) mass is 416 g/mol. The average molecular weight is 417 g/mol. The predicted molar refractivity (Wildman–Crippen MR) is 98.0 cm³/mol. The molecule has 24 heavy (non-hydrogen) atoms. The van der Waals surface area contributed by atoms with Gasteiger partial charge in [-0.25, -0.2) is 4.72 Å². The molecule has 1 amide bonds. The topological polar surface area (TPSA) is 83.4 Å². The number of nitrogens with zero attached hydrogens (tertiary/aromatic N) is 2. The molecule has 1 aromatic heterocycles. The highest BCUT2D eigenvalue weighted by Gasteiger charge is 2.14. The van der Waals surface area contributed by atoms with Crippen LogP contribution in [0.25, 0.3) is 10.9 Å². The second-order valence-electron chi connectivity index (χ2n) is 5.55. The summed E-state index contributed by atoms with van der Waals surface area (Å²) in [5, 5.41) is 3.61. The number of rotatable bonds is 7. The molecule has 2 N–H and O–H groups in total. The van der Waals surface area contributed by atoms with Gasteiger partial charge >= 0.3 is 0 Å². The van der Waals surface area contributed by atoms with E-state index in [9.17, 15) is 13.2 Å². The van der Waals surface area contributed by atoms with Crippen molar-refractivity contribution in [1.82, 2.24) is 18.9 Å². The van der Waals surface area contributed by atoms with Gasteiger partial charge in [0.05, 0.1) is 0 Å². The molecule has 0 spiro atoms. The number of benzene rings is 1. The van der Waals surface area contributed by atoms with E-state index >= 15 is 0 Å². The number of halogens is 1. The minimum absolute atomic E-state index is 0.0910. The Bertz CT molecular complexity index is 846. The Morgan fingerprint density at radius 2 is 2.04 bits per heavy atom. The van der Waals surface area contributed by atoms with E-state index in [1.165, 1.54) is 14.1 Å². The Morgan fingerprint density at radius 1 is 1.33 bits per heavy atom. The zero-order valence-corrected chi connectivity index (χ0v) is 16.2. The fourth-order valence-electron chi connectivity index (χ4n) is 2.35. The lowest BCUT2D eigenvalue weighted by atomic mass is 10.1. The molecule has 2 aromatic rings. The molecule has 0 atom stereocenters. The van der Waals surface area contributed by atoms with Crippen molar-refractivity contribution in [2.45, 2.75) is 13.0 Å². The van der Waals surface area contributed by atoms with Gasteiger partial charge in [-0.2, -0.15) is 12.7 Å². The molecule has 9 heteroatoms. The fourth-order valence-corrected chi connectivity index (χ4v) is 3.32. The fraction of sp³-hybridized carbons (Fsp3) is 0.400. The molecule has 0 saturated carbocycles. The van der Waals surface area contributed by atoms with E-state index in [-0.39, 0.29) is 19.0 Å². The number of hydrogen-bond donors (Lipinski definition) is 2. The van der Waals surface area contributed by atoms with Gasteiger partial charge in [-0.05, 0) is 24.1 Å². The van der Waals surface area contributed by atoms with Crippen LogP contribution in [0.4, 0.5) is 0 Å². The van der Waals surface area contributed by atoms with Crippen LogP contribution in [0.15, 0.2) is 28.9 Å². The standard InChI is InChI=1S/C15H21BrN4O3S/c1-17-15(21)10-20-9-11(6-7-18-24(22,23)19(2)3)13-5-4-12(16)8-14(13)20/h4-5,8-9,18H,6-7,10H2,1-3H3,(H,17,21). The van der Waals surface area contributed by atoms with Crippen molar-refractivity contribution in [2.75, 3.05) is 27.7 Å². The summed E-state index contributed by atoms with van der Waals surface area (Å²) < 4.78 is 30.0. The summed E-state index contributed by atoms with van der Waals surface area (Å²) in [7, 11) is 1.12. The summed E-state index contributed by atoms with van der Waals surface area (Å²) in [6.45, 7) is 0.503. The molecule has 0 aliphatic heterocycles. The largest absolute Gasteiger partial charge is 0.358 e. The first kappa shape index (κ1) is 18.9. The molecular formula is C15H21BrN4O3S. The Kier molecular flexibility index (Phi) is 6.02. The third kappa shape index (κ3) is 4.35. The van der Waals surface area contributed by atoms with E-state index in [2.05, 4.69) is 26.0 Å². The van der Waals surface area contributed by atoms with Crippen LogP contribution in [-0.4, -0.2) is 50.9 Å². The number of nitrogens with one attached hydrogen (secondary N) is 2. The van der Waals surface area contributed by atoms with Gasteiger partial charge in [0.15, 0.2) is 0 Å². The highest BCUT2D eigenvalue weighted by Crippen LogP contribution is 2.25. The quantitative estimate of drug-likeness (QED) is 0.708. The van der Waals surface area contributed by atoms with E-state index in [1.54, 1.807) is 7.05 Å². The first-order valence-electron chi connectivity index (χ1n) is 7.39. The van der Waals surface area contributed by atoms with Crippen LogP contribution < -0.4 is 10.0 Å². The van der Waals surface area contributed by atoms with Gasteiger partial charge in [-0.15, -0.1) is 0 Å². The van der Waals surface area contributed by atoms with Crippen LogP contribution in [-0.2, 0) is 28.0 Å². The number of carbonyl (C=O) groups is 1. The van der Waals surface area contributed by atoms with E-state index < -0.39 is 10.2 Å². The average Bonchev–Trinajstić information content (AvgIpc) is 2.84. The first-order chi connectivity index (χ1) is 11.2. The maximum absolute atomic E-state index is 11.8. The Hall–Kier alpha value is -1.42. The van der Waals surface area contributed by atoms with Gasteiger partial charge in [0, 0.05) is 49.3 Å². The first-order valence-corrected chi connectivity index (χ1v) is 9.63. The zero-order chi connectivity index (χ0) is 17.9. The molecule has 132 valence electrons. The highest BCUT2D eigenvalue weighted by atomic mass is 79.9. The second kappa shape index (κ2) is 7.64. The van der Waals surface area contributed by atoms with Crippen molar-refractivity contribution in [3.63, 3.8) is 0 Å². The molecule has 7 nitrogen and oxygen atoms in total. The van der Waals surface area contributed by atoms with Crippen molar-refractivity contribution in [3.05, 3.63) is 34.4 Å². The highest BCUT2D eigenvalue weighted by molar-refractivity contribution is 9.10. The van der Waals surface area contributed by atoms with Gasteiger partial charge in [0.2, 0.25) is 5.91 Å². The van der Waals surface area contributed by atoms with E-state index in [0.29, 0.717) is 6.42 Å². The SMILES string of the molecule is CNC(=O)Cn1cc(CCNS(=O)(=O)N(C)C)c2ccc(Br)cc21. The minimum atomic E-state index is -3.44. The smallest absolute Gasteiger partial charge is 0.278 e. The van der Waals surface area contributed by atoms with Crippen molar-refractivity contribution in [3.8, 4) is 0 Å². The summed E-state index contributed by atoms with van der Waals surface area (Å²) in [6.07, 6.45) is 2.43. The maximum atomic E-state index is 11.8. The molecule has 0 aliphatic rings. The molecule has 1 heterocycles. The number of carbonyl (C=O) groups excluding carboxylic acids is 1. The molecule has 0 radical (unpaired) electrons. The molecular weight excluding hydrogens is 396 g/mol. The van der Waals surface area contributed by atoms with Gasteiger partial charge < -0.3 is 9.88 Å². The van der Waals surface area contributed by atoms with Crippen LogP contribution in [0.5, 0.6) is 0 Å². The summed E-state index contributed by atoms with van der Waals surface area (Å²) in [5.74, 6) is -0.0910. The Balaban J connectivity index is 2.25. The maximum Gasteiger partial charge on any atom is 0.278 e. The summed E-state index contributed by atoms with van der Waals surface area (Å²) in [4.78, 5) is 11.7. The lowest BCUT2D eigenvalue weighted by Gasteiger charge is -2.11. The Labute approximate surface area is 150 Å². The normalized spacial score (nSPS) is 12.0. The molecule has 0 aliphatic carbocycles. The summed E-state index contributed by atoms with van der Waals surface area (Å²) in [6, 6.07) is 5.85. The third-order valence-corrected chi connectivity index (χ3v) is 5.70. The molecule has 0 saturated heterocycles. The number of aromatic nitrogens is 1. The minimum Gasteiger partial charge on any atom is -0.358 e. The van der Waals surface area contributed by atoms with Gasteiger partial charge in [-0.3, -0.25) is 4.79 Å². The van der Waals surface area contributed by atoms with Gasteiger partial charge in [0.1, 0.15) is 6.54 Å². The molecule has 0 fully saturated rings. The van der Waals surface area contributed by atoms with Crippen LogP contribution in [0.3, 0.4) is 0 Å². The number of likely N-dealkylation sites (N-methyl/N-ethyl adjacent to an activating group) is 1. The number of amides is 1. The lowest BCUT2D eigenvalue weighted by molar-refractivity contribution is -0.121. The summed E-state index contributed by atoms with van der Waals surface area (Å²) in [5.41, 5.74) is 1.92. The molecule has 2 rings (SSSR count). The van der Waals surface area contributed by atoms with Crippen molar-refractivity contribution in [2.24, 2.45) is 0 Å². The Morgan fingerprint density at radius 3 is 2.67 bits per heavy atom. The number of hydrogen-bond acceptors (Lipinski definition) is 3. The van der Waals surface area contributed by atoms with Crippen molar-refractivity contribution in [1.29, 1.82) is 0 Å².